The first-order chi connectivity index (χ1) is 6.71. The minimum absolute atomic E-state index is 0.247. The maximum Gasteiger partial charge on any atom is 0.217 e. The van der Waals surface area contributed by atoms with Crippen LogP contribution in [-0.4, -0.2) is 18.4 Å². The van der Waals surface area contributed by atoms with Crippen LogP contribution in [0.15, 0.2) is 45.3 Å². The van der Waals surface area contributed by atoms with Crippen molar-refractivity contribution in [1.82, 2.24) is 9.97 Å². The highest BCUT2D eigenvalue weighted by molar-refractivity contribution is 7.93. The molecular formula is C8H6N2O2S2. The van der Waals surface area contributed by atoms with Gasteiger partial charge in [-0.2, -0.15) is 0 Å². The van der Waals surface area contributed by atoms with Crippen molar-refractivity contribution in [1.29, 1.82) is 0 Å². The van der Waals surface area contributed by atoms with Gasteiger partial charge in [-0.15, -0.1) is 11.3 Å². The van der Waals surface area contributed by atoms with Crippen molar-refractivity contribution in [3.8, 4) is 0 Å². The molecule has 2 rings (SSSR count). The van der Waals surface area contributed by atoms with Gasteiger partial charge in [0.1, 0.15) is 4.21 Å². The van der Waals surface area contributed by atoms with Gasteiger partial charge >= 0.3 is 0 Å². The number of rotatable bonds is 2. The molecular weight excluding hydrogens is 220 g/mol. The van der Waals surface area contributed by atoms with Crippen LogP contribution in [-0.2, 0) is 9.84 Å². The van der Waals surface area contributed by atoms with E-state index in [-0.39, 0.29) is 9.10 Å². The Morgan fingerprint density at radius 3 is 2.43 bits per heavy atom. The zero-order valence-electron chi connectivity index (χ0n) is 6.99. The van der Waals surface area contributed by atoms with Crippen molar-refractivity contribution in [3.63, 3.8) is 0 Å². The van der Waals surface area contributed by atoms with Crippen LogP contribution in [0.2, 0.25) is 0 Å². The molecule has 14 heavy (non-hydrogen) atoms. The molecule has 0 aliphatic rings. The summed E-state index contributed by atoms with van der Waals surface area (Å²) in [6.07, 6.45) is 4.25. The second-order valence-corrected chi connectivity index (χ2v) is 5.57. The molecule has 2 aromatic heterocycles. The van der Waals surface area contributed by atoms with E-state index in [1.807, 2.05) is 0 Å². The van der Waals surface area contributed by atoms with Crippen molar-refractivity contribution in [2.24, 2.45) is 0 Å². The van der Waals surface area contributed by atoms with Crippen molar-refractivity contribution in [2.45, 2.75) is 9.10 Å². The van der Waals surface area contributed by atoms with Crippen LogP contribution in [0.4, 0.5) is 0 Å². The number of pyridine rings is 1. The second-order valence-electron chi connectivity index (χ2n) is 2.51. The lowest BCUT2D eigenvalue weighted by molar-refractivity contribution is 0.597. The van der Waals surface area contributed by atoms with Crippen LogP contribution in [0, 0.1) is 0 Å². The van der Waals surface area contributed by atoms with Gasteiger partial charge in [0.05, 0.1) is 16.6 Å². The summed E-state index contributed by atoms with van der Waals surface area (Å²) in [6.45, 7) is 0. The predicted octanol–water partition coefficient (Wildman–Crippen LogP) is 1.37. The van der Waals surface area contributed by atoms with E-state index in [4.69, 9.17) is 0 Å². The van der Waals surface area contributed by atoms with Gasteiger partial charge in [-0.1, -0.05) is 0 Å². The van der Waals surface area contributed by atoms with E-state index >= 15 is 0 Å². The normalized spacial score (nSPS) is 11.4. The lowest BCUT2D eigenvalue weighted by atomic mass is 10.5. The first kappa shape index (κ1) is 9.29. The zero-order chi connectivity index (χ0) is 10.0. The third-order valence-corrected chi connectivity index (χ3v) is 4.67. The van der Waals surface area contributed by atoms with E-state index < -0.39 is 9.84 Å². The van der Waals surface area contributed by atoms with Gasteiger partial charge in [0.15, 0.2) is 0 Å². The Morgan fingerprint density at radius 2 is 1.86 bits per heavy atom. The molecule has 0 N–H and O–H groups in total. The molecule has 0 aromatic carbocycles. The molecule has 0 bridgehead atoms. The number of nitrogens with zero attached hydrogens (tertiary/aromatic N) is 2. The van der Waals surface area contributed by atoms with Crippen LogP contribution in [0.25, 0.3) is 0 Å². The monoisotopic (exact) mass is 226 g/mol. The van der Waals surface area contributed by atoms with E-state index in [0.717, 1.165) is 11.3 Å². The van der Waals surface area contributed by atoms with E-state index in [0.29, 0.717) is 0 Å². The maximum atomic E-state index is 11.8. The lowest BCUT2D eigenvalue weighted by Gasteiger charge is -1.98. The minimum Gasteiger partial charge on any atom is -0.265 e. The summed E-state index contributed by atoms with van der Waals surface area (Å²) in [4.78, 5) is 7.75. The third-order valence-electron chi connectivity index (χ3n) is 1.63. The fraction of sp³-hybridized carbons (Fsp3) is 0. The van der Waals surface area contributed by atoms with Gasteiger partial charge in [0.25, 0.3) is 0 Å². The smallest absolute Gasteiger partial charge is 0.217 e. The van der Waals surface area contributed by atoms with Crippen LogP contribution in [0.5, 0.6) is 0 Å². The molecule has 2 heterocycles. The van der Waals surface area contributed by atoms with E-state index in [1.165, 1.54) is 36.2 Å². The Kier molecular flexibility index (Phi) is 2.30. The quantitative estimate of drug-likeness (QED) is 0.776. The fourth-order valence-electron chi connectivity index (χ4n) is 0.970. The summed E-state index contributed by atoms with van der Waals surface area (Å²) < 4.78 is 23.9. The number of aromatic nitrogens is 2. The second kappa shape index (κ2) is 3.47. The average molecular weight is 226 g/mol. The van der Waals surface area contributed by atoms with E-state index in [9.17, 15) is 8.42 Å². The van der Waals surface area contributed by atoms with Crippen molar-refractivity contribution < 1.29 is 8.42 Å². The summed E-state index contributed by atoms with van der Waals surface area (Å²) in [7, 11) is -3.38. The third kappa shape index (κ3) is 1.53. The highest BCUT2D eigenvalue weighted by Crippen LogP contribution is 2.22. The van der Waals surface area contributed by atoms with Crippen LogP contribution < -0.4 is 0 Å². The molecule has 0 saturated carbocycles. The number of thiazole rings is 1. The Balaban J connectivity index is 2.55. The molecule has 0 aliphatic carbocycles. The number of hydrogen-bond acceptors (Lipinski definition) is 5. The summed E-state index contributed by atoms with van der Waals surface area (Å²) >= 11 is 1.11. The van der Waals surface area contributed by atoms with Crippen molar-refractivity contribution in [3.05, 3.63) is 36.2 Å². The van der Waals surface area contributed by atoms with Gasteiger partial charge in [0, 0.05) is 12.4 Å². The fourth-order valence-corrected chi connectivity index (χ4v) is 3.15. The van der Waals surface area contributed by atoms with Crippen LogP contribution in [0.1, 0.15) is 0 Å². The molecule has 0 aliphatic heterocycles. The van der Waals surface area contributed by atoms with Crippen LogP contribution >= 0.6 is 11.3 Å². The molecule has 4 nitrogen and oxygen atoms in total. The summed E-state index contributed by atoms with van der Waals surface area (Å²) in [5.41, 5.74) is 1.49. The molecule has 6 heteroatoms. The Labute approximate surface area is 85.2 Å². The molecule has 0 radical (unpaired) electrons. The topological polar surface area (TPSA) is 59.9 Å². The molecule has 0 fully saturated rings. The predicted molar refractivity (Wildman–Crippen MR) is 51.8 cm³/mol. The number of sulfone groups is 1. The van der Waals surface area contributed by atoms with E-state index in [2.05, 4.69) is 9.97 Å². The highest BCUT2D eigenvalue weighted by Gasteiger charge is 2.18. The Hall–Kier alpha value is -1.27. The van der Waals surface area contributed by atoms with Gasteiger partial charge in [-0.25, -0.2) is 8.42 Å². The lowest BCUT2D eigenvalue weighted by Crippen LogP contribution is -1.99. The average Bonchev–Trinajstić information content (AvgIpc) is 2.72. The maximum absolute atomic E-state index is 11.8. The van der Waals surface area contributed by atoms with Gasteiger partial charge in [-0.05, 0) is 12.1 Å². The summed E-state index contributed by atoms with van der Waals surface area (Å²) in [5.74, 6) is 0. The molecule has 0 atom stereocenters. The summed E-state index contributed by atoms with van der Waals surface area (Å²) in [5, 5.41) is 0. The van der Waals surface area contributed by atoms with Gasteiger partial charge in [-0.3, -0.25) is 9.97 Å². The summed E-state index contributed by atoms with van der Waals surface area (Å²) in [6, 6.07) is 2.93. The molecule has 72 valence electrons. The minimum atomic E-state index is -3.38. The standard InChI is InChI=1S/C8H6N2O2S2/c11-14(12,8-5-10-6-13-8)7-1-3-9-4-2-7/h1-6H. The molecule has 0 unspecified atom stereocenters. The first-order valence-corrected chi connectivity index (χ1v) is 6.11. The van der Waals surface area contributed by atoms with Crippen LogP contribution in [0.3, 0.4) is 0 Å². The molecule has 0 saturated heterocycles. The molecule has 0 spiro atoms. The van der Waals surface area contributed by atoms with Gasteiger partial charge in [0.2, 0.25) is 9.84 Å². The number of hydrogen-bond donors (Lipinski definition) is 0. The first-order valence-electron chi connectivity index (χ1n) is 3.75. The van der Waals surface area contributed by atoms with Crippen molar-refractivity contribution >= 4 is 21.2 Å². The molecule has 0 amide bonds. The Morgan fingerprint density at radius 1 is 1.14 bits per heavy atom. The molecule has 2 aromatic rings. The SMILES string of the molecule is O=S(=O)(c1ccncc1)c1cncs1. The highest BCUT2D eigenvalue weighted by atomic mass is 32.2. The zero-order valence-corrected chi connectivity index (χ0v) is 8.62. The van der Waals surface area contributed by atoms with Gasteiger partial charge < -0.3 is 0 Å². The van der Waals surface area contributed by atoms with Crippen molar-refractivity contribution in [2.75, 3.05) is 0 Å². The largest absolute Gasteiger partial charge is 0.265 e. The van der Waals surface area contributed by atoms with E-state index in [1.54, 1.807) is 0 Å². The Bertz CT molecular complexity index is 506.